The molecule has 0 saturated carbocycles. The Morgan fingerprint density at radius 3 is 2.58 bits per heavy atom. The summed E-state index contributed by atoms with van der Waals surface area (Å²) in [6, 6.07) is 18.6. The van der Waals surface area contributed by atoms with Gasteiger partial charge in [0.1, 0.15) is 5.69 Å². The van der Waals surface area contributed by atoms with Crippen LogP contribution in [0.25, 0.3) is 33.2 Å². The predicted molar refractivity (Wildman–Crippen MR) is 151 cm³/mol. The van der Waals surface area contributed by atoms with Gasteiger partial charge in [0.25, 0.3) is 5.88 Å². The van der Waals surface area contributed by atoms with Gasteiger partial charge in [0, 0.05) is 37.4 Å². The third-order valence-electron chi connectivity index (χ3n) is 7.74. The molecule has 4 heterocycles. The van der Waals surface area contributed by atoms with Crippen LogP contribution in [0, 0.1) is 5.92 Å². The second-order valence-electron chi connectivity index (χ2n) is 10.8. The van der Waals surface area contributed by atoms with Crippen molar-refractivity contribution in [2.75, 3.05) is 13.2 Å². The number of carbonyl (C=O) groups is 1. The van der Waals surface area contributed by atoms with E-state index in [1.807, 2.05) is 24.3 Å². The van der Waals surface area contributed by atoms with E-state index in [2.05, 4.69) is 45.2 Å². The molecular weight excluding hydrogens is 508 g/mol. The first-order valence-corrected chi connectivity index (χ1v) is 13.4. The monoisotopic (exact) mass is 540 g/mol. The number of hydrogen-bond donors (Lipinski definition) is 2. The largest absolute Gasteiger partial charge is 0.411 e. The third kappa shape index (κ3) is 4.59. The number of aliphatic hydroxyl groups is 1. The van der Waals surface area contributed by atoms with Crippen molar-refractivity contribution in [1.29, 1.82) is 0 Å². The maximum Gasteiger partial charge on any atom is 0.411 e. The molecule has 40 heavy (non-hydrogen) atoms. The number of aromatic nitrogens is 5. The zero-order valence-electron chi connectivity index (χ0n) is 22.7. The lowest BCUT2D eigenvalue weighted by Crippen LogP contribution is -2.27. The Kier molecular flexibility index (Phi) is 6.52. The Morgan fingerprint density at radius 1 is 1.12 bits per heavy atom. The smallest absolute Gasteiger partial charge is 0.387 e. The van der Waals surface area contributed by atoms with Crippen molar-refractivity contribution in [3.63, 3.8) is 0 Å². The molecule has 0 spiro atoms. The van der Waals surface area contributed by atoms with Crippen LogP contribution in [0.4, 0.5) is 4.79 Å². The Bertz CT molecular complexity index is 1700. The number of carbonyl (C=O) groups excluding carboxylic acids is 1. The third-order valence-corrected chi connectivity index (χ3v) is 7.74. The van der Waals surface area contributed by atoms with Crippen molar-refractivity contribution < 1.29 is 19.4 Å². The number of amides is 1. The van der Waals surface area contributed by atoms with Gasteiger partial charge in [0.2, 0.25) is 0 Å². The summed E-state index contributed by atoms with van der Waals surface area (Å²) in [6.45, 7) is 5.00. The fourth-order valence-corrected chi connectivity index (χ4v) is 5.84. The SMILES string of the molecule is Cn1nnc(OC(N)=O)c1-c1cnc2c3ccc(C(C)(C)O)cc3n(C(c3ccccc3)C3CCOCC3)c2c1. The normalized spacial score (nSPS) is 15.5. The fourth-order valence-electron chi connectivity index (χ4n) is 5.84. The number of fused-ring (bicyclic) bond motifs is 3. The van der Waals surface area contributed by atoms with Crippen LogP contribution in [0.1, 0.15) is 43.9 Å². The highest BCUT2D eigenvalue weighted by Crippen LogP contribution is 2.42. The predicted octanol–water partition coefficient (Wildman–Crippen LogP) is 4.69. The molecule has 206 valence electrons. The molecule has 2 aromatic carbocycles. The van der Waals surface area contributed by atoms with Gasteiger partial charge in [0.15, 0.2) is 0 Å². The maximum absolute atomic E-state index is 11.6. The summed E-state index contributed by atoms with van der Waals surface area (Å²) in [7, 11) is 1.72. The highest BCUT2D eigenvalue weighted by molar-refractivity contribution is 6.07. The highest BCUT2D eigenvalue weighted by atomic mass is 16.6. The summed E-state index contributed by atoms with van der Waals surface area (Å²) in [5.41, 5.74) is 10.2. The minimum Gasteiger partial charge on any atom is -0.387 e. The van der Waals surface area contributed by atoms with E-state index in [9.17, 15) is 9.90 Å². The van der Waals surface area contributed by atoms with Crippen LogP contribution < -0.4 is 10.5 Å². The Labute approximate surface area is 231 Å². The van der Waals surface area contributed by atoms with Gasteiger partial charge in [-0.25, -0.2) is 9.48 Å². The first kappa shape index (κ1) is 26.0. The minimum absolute atomic E-state index is 0.00907. The number of primary amides is 1. The summed E-state index contributed by atoms with van der Waals surface area (Å²) in [5.74, 6) is 0.337. The molecule has 1 aliphatic heterocycles. The van der Waals surface area contributed by atoms with Crippen LogP contribution in [0.5, 0.6) is 5.88 Å². The molecule has 1 unspecified atom stereocenters. The average molecular weight is 541 g/mol. The van der Waals surface area contributed by atoms with E-state index in [-0.39, 0.29) is 11.9 Å². The van der Waals surface area contributed by atoms with E-state index in [0.29, 0.717) is 30.4 Å². The molecule has 1 fully saturated rings. The second-order valence-corrected chi connectivity index (χ2v) is 10.8. The van der Waals surface area contributed by atoms with Gasteiger partial charge in [-0.2, -0.15) is 0 Å². The van der Waals surface area contributed by atoms with E-state index in [1.165, 1.54) is 10.2 Å². The molecule has 0 bridgehead atoms. The van der Waals surface area contributed by atoms with E-state index < -0.39 is 11.7 Å². The Morgan fingerprint density at radius 2 is 1.88 bits per heavy atom. The van der Waals surface area contributed by atoms with E-state index in [0.717, 1.165) is 40.3 Å². The van der Waals surface area contributed by atoms with E-state index in [4.69, 9.17) is 20.2 Å². The lowest BCUT2D eigenvalue weighted by Gasteiger charge is -2.33. The maximum atomic E-state index is 11.6. The molecule has 5 aromatic rings. The number of pyridine rings is 1. The lowest BCUT2D eigenvalue weighted by molar-refractivity contribution is 0.0552. The topological polar surface area (TPSA) is 130 Å². The van der Waals surface area contributed by atoms with Crippen LogP contribution in [0.2, 0.25) is 0 Å². The van der Waals surface area contributed by atoms with Crippen molar-refractivity contribution >= 4 is 28.0 Å². The van der Waals surface area contributed by atoms with E-state index >= 15 is 0 Å². The zero-order chi connectivity index (χ0) is 28.0. The van der Waals surface area contributed by atoms with Crippen LogP contribution >= 0.6 is 0 Å². The molecule has 0 radical (unpaired) electrons. The van der Waals surface area contributed by atoms with Gasteiger partial charge in [-0.05, 0) is 55.9 Å². The summed E-state index contributed by atoms with van der Waals surface area (Å²) in [5, 5.41) is 19.9. The molecule has 10 nitrogen and oxygen atoms in total. The molecule has 0 aliphatic carbocycles. The van der Waals surface area contributed by atoms with Gasteiger partial charge < -0.3 is 24.9 Å². The number of nitrogens with two attached hydrogens (primary N) is 1. The van der Waals surface area contributed by atoms with Crippen LogP contribution in [-0.4, -0.2) is 49.0 Å². The van der Waals surface area contributed by atoms with Crippen molar-refractivity contribution in [3.05, 3.63) is 71.9 Å². The van der Waals surface area contributed by atoms with Gasteiger partial charge in [-0.3, -0.25) is 4.98 Å². The first-order chi connectivity index (χ1) is 19.2. The van der Waals surface area contributed by atoms with Crippen LogP contribution in [0.15, 0.2) is 60.8 Å². The molecule has 1 aliphatic rings. The van der Waals surface area contributed by atoms with Crippen molar-refractivity contribution in [3.8, 4) is 17.1 Å². The van der Waals surface area contributed by atoms with Crippen LogP contribution in [0.3, 0.4) is 0 Å². The number of ether oxygens (including phenoxy) is 2. The average Bonchev–Trinajstić information content (AvgIpc) is 3.45. The number of benzene rings is 2. The van der Waals surface area contributed by atoms with Crippen LogP contribution in [-0.2, 0) is 17.4 Å². The molecule has 1 saturated heterocycles. The molecule has 10 heteroatoms. The Hall–Kier alpha value is -4.28. The lowest BCUT2D eigenvalue weighted by atomic mass is 9.86. The number of aryl methyl sites for hydroxylation is 1. The number of nitrogens with zero attached hydrogens (tertiary/aromatic N) is 5. The molecule has 1 atom stereocenters. The van der Waals surface area contributed by atoms with Crippen molar-refractivity contribution in [2.45, 2.75) is 38.3 Å². The van der Waals surface area contributed by atoms with Gasteiger partial charge in [-0.15, -0.1) is 0 Å². The molecule has 1 amide bonds. The van der Waals surface area contributed by atoms with Gasteiger partial charge in [0.05, 0.1) is 28.2 Å². The molecule has 3 N–H and O–H groups in total. The summed E-state index contributed by atoms with van der Waals surface area (Å²) >= 11 is 0. The zero-order valence-corrected chi connectivity index (χ0v) is 22.7. The van der Waals surface area contributed by atoms with Gasteiger partial charge >= 0.3 is 6.09 Å². The first-order valence-electron chi connectivity index (χ1n) is 13.4. The summed E-state index contributed by atoms with van der Waals surface area (Å²) in [4.78, 5) is 16.5. The minimum atomic E-state index is -1.02. The fraction of sp³-hybridized carbons (Fsp3) is 0.333. The molecule has 3 aromatic heterocycles. The molecule has 6 rings (SSSR count). The van der Waals surface area contributed by atoms with Crippen molar-refractivity contribution in [2.24, 2.45) is 18.7 Å². The highest BCUT2D eigenvalue weighted by Gasteiger charge is 2.31. The molecular formula is C30H32N6O4. The standard InChI is InChI=1S/C30H32N6O4/c1-30(2,38)21-9-10-22-23(16-21)36(26(18-7-5-4-6-8-18)19-11-13-39-14-12-19)24-15-20(17-32-25(22)24)27-28(40-29(31)37)33-34-35(27)3/h4-10,15-17,19,26,38H,11-14H2,1-3H3,(H2,31,37). The Balaban J connectivity index is 1.67. The number of hydrogen-bond acceptors (Lipinski definition) is 7. The summed E-state index contributed by atoms with van der Waals surface area (Å²) < 4.78 is 14.8. The summed E-state index contributed by atoms with van der Waals surface area (Å²) in [6.07, 6.45) is 2.60. The second kappa shape index (κ2) is 10.0. The van der Waals surface area contributed by atoms with E-state index in [1.54, 1.807) is 27.1 Å². The van der Waals surface area contributed by atoms with Gasteiger partial charge in [-0.1, -0.05) is 52.8 Å². The number of rotatable bonds is 6. The quantitative estimate of drug-likeness (QED) is 0.320. The van der Waals surface area contributed by atoms with Crippen molar-refractivity contribution in [1.82, 2.24) is 24.5 Å².